The summed E-state index contributed by atoms with van der Waals surface area (Å²) in [4.78, 5) is 0. The Bertz CT molecular complexity index is 184. The summed E-state index contributed by atoms with van der Waals surface area (Å²) in [5.74, 6) is 0. The van der Waals surface area contributed by atoms with E-state index >= 15 is 0 Å². The first kappa shape index (κ1) is 10.3. The van der Waals surface area contributed by atoms with Gasteiger partial charge in [0, 0.05) is 0 Å². The van der Waals surface area contributed by atoms with Crippen LogP contribution in [0.5, 0.6) is 0 Å². The molecular formula is C13H19. The quantitative estimate of drug-likeness (QED) is 0.517. The Morgan fingerprint density at radius 1 is 0.769 bits per heavy atom. The molecule has 0 fully saturated rings. The number of hydrogen-bond acceptors (Lipinski definition) is 0. The molecule has 0 N–H and O–H groups in total. The average Bonchev–Trinajstić information content (AvgIpc) is 2.18. The smallest absolute Gasteiger partial charge is 0.0245 e. The van der Waals surface area contributed by atoms with Crippen molar-refractivity contribution in [2.24, 2.45) is 0 Å². The zero-order valence-corrected chi connectivity index (χ0v) is 8.34. The third-order valence-electron chi connectivity index (χ3n) is 2.20. The molecule has 1 aliphatic carbocycles. The van der Waals surface area contributed by atoms with Crippen LogP contribution >= 0.6 is 0 Å². The standard InChI is InChI=1S/C13H19/c1-2-4-6-8-10-12-13-11-9-7-5-3-1/h1-4,12H,5-9,11,13H2. The highest BCUT2D eigenvalue weighted by molar-refractivity contribution is 5.02. The second-order valence-electron chi connectivity index (χ2n) is 3.44. The van der Waals surface area contributed by atoms with E-state index in [1.165, 1.54) is 32.1 Å². The van der Waals surface area contributed by atoms with Crippen LogP contribution in [-0.4, -0.2) is 0 Å². The van der Waals surface area contributed by atoms with Gasteiger partial charge in [-0.3, -0.25) is 0 Å². The van der Waals surface area contributed by atoms with Gasteiger partial charge in [0.05, 0.1) is 0 Å². The second kappa shape index (κ2) is 7.85. The van der Waals surface area contributed by atoms with Crippen LogP contribution in [0, 0.1) is 6.08 Å². The maximum Gasteiger partial charge on any atom is -0.0245 e. The lowest BCUT2D eigenvalue weighted by atomic mass is 10.1. The topological polar surface area (TPSA) is 0 Å². The average molecular weight is 175 g/mol. The van der Waals surface area contributed by atoms with Crippen molar-refractivity contribution in [1.29, 1.82) is 0 Å². The van der Waals surface area contributed by atoms with Crippen LogP contribution in [0.15, 0.2) is 30.4 Å². The van der Waals surface area contributed by atoms with E-state index in [0.29, 0.717) is 0 Å². The Morgan fingerprint density at radius 2 is 1.54 bits per heavy atom. The minimum atomic E-state index is 1.07. The summed E-state index contributed by atoms with van der Waals surface area (Å²) in [6, 6.07) is 0. The third kappa shape index (κ3) is 6.39. The van der Waals surface area contributed by atoms with Crippen LogP contribution in [0.3, 0.4) is 0 Å². The predicted octanol–water partition coefficient (Wildman–Crippen LogP) is 4.20. The van der Waals surface area contributed by atoms with E-state index in [2.05, 4.69) is 36.5 Å². The van der Waals surface area contributed by atoms with Crippen molar-refractivity contribution < 1.29 is 0 Å². The summed E-state index contributed by atoms with van der Waals surface area (Å²) in [6.07, 6.45) is 23.0. The molecule has 0 nitrogen and oxygen atoms in total. The van der Waals surface area contributed by atoms with E-state index in [1.54, 1.807) is 0 Å². The fourth-order valence-corrected chi connectivity index (χ4v) is 1.41. The summed E-state index contributed by atoms with van der Waals surface area (Å²) in [5.41, 5.74) is 0. The molecule has 0 atom stereocenters. The first-order valence-corrected chi connectivity index (χ1v) is 5.37. The Balaban J connectivity index is 2.28. The highest BCUT2D eigenvalue weighted by Gasteiger charge is 1.86. The molecule has 0 amide bonds. The van der Waals surface area contributed by atoms with Crippen molar-refractivity contribution in [2.45, 2.75) is 44.9 Å². The normalized spacial score (nSPS) is 20.3. The molecule has 1 rings (SSSR count). The van der Waals surface area contributed by atoms with Crippen LogP contribution in [-0.2, 0) is 0 Å². The second-order valence-corrected chi connectivity index (χ2v) is 3.44. The van der Waals surface area contributed by atoms with Crippen LogP contribution in [0.25, 0.3) is 0 Å². The van der Waals surface area contributed by atoms with Gasteiger partial charge in [0.2, 0.25) is 0 Å². The molecular weight excluding hydrogens is 156 g/mol. The van der Waals surface area contributed by atoms with Gasteiger partial charge in [-0.15, -0.1) is 0 Å². The van der Waals surface area contributed by atoms with Crippen LogP contribution in [0.4, 0.5) is 0 Å². The molecule has 13 heavy (non-hydrogen) atoms. The highest BCUT2D eigenvalue weighted by Crippen LogP contribution is 2.05. The third-order valence-corrected chi connectivity index (χ3v) is 2.20. The maximum atomic E-state index is 3.32. The van der Waals surface area contributed by atoms with Crippen molar-refractivity contribution in [3.05, 3.63) is 36.5 Å². The van der Waals surface area contributed by atoms with Crippen molar-refractivity contribution in [2.75, 3.05) is 0 Å². The first-order chi connectivity index (χ1) is 6.50. The predicted molar refractivity (Wildman–Crippen MR) is 58.4 cm³/mol. The van der Waals surface area contributed by atoms with Crippen molar-refractivity contribution in [3.8, 4) is 0 Å². The van der Waals surface area contributed by atoms with Crippen molar-refractivity contribution in [1.82, 2.24) is 0 Å². The minimum Gasteiger partial charge on any atom is -0.0845 e. The van der Waals surface area contributed by atoms with Gasteiger partial charge >= 0.3 is 0 Å². The molecule has 0 aliphatic heterocycles. The van der Waals surface area contributed by atoms with Gasteiger partial charge in [-0.05, 0) is 44.6 Å². The van der Waals surface area contributed by atoms with E-state index in [9.17, 15) is 0 Å². The molecule has 1 aliphatic rings. The van der Waals surface area contributed by atoms with E-state index in [1.807, 2.05) is 0 Å². The lowest BCUT2D eigenvalue weighted by Crippen LogP contribution is -1.74. The molecule has 71 valence electrons. The zero-order chi connectivity index (χ0) is 9.19. The Morgan fingerprint density at radius 3 is 2.46 bits per heavy atom. The first-order valence-electron chi connectivity index (χ1n) is 5.37. The van der Waals surface area contributed by atoms with Crippen LogP contribution in [0.1, 0.15) is 44.9 Å². The molecule has 0 bridgehead atoms. The molecule has 0 aromatic rings. The highest BCUT2D eigenvalue weighted by atomic mass is 13.9. The summed E-state index contributed by atoms with van der Waals surface area (Å²) >= 11 is 0. The monoisotopic (exact) mass is 175 g/mol. The number of allylic oxidation sites excluding steroid dienone is 6. The van der Waals surface area contributed by atoms with Crippen molar-refractivity contribution >= 4 is 0 Å². The molecule has 0 saturated heterocycles. The fourth-order valence-electron chi connectivity index (χ4n) is 1.41. The minimum absolute atomic E-state index is 1.07. The van der Waals surface area contributed by atoms with E-state index in [0.717, 1.165) is 12.8 Å². The summed E-state index contributed by atoms with van der Waals surface area (Å²) in [5, 5.41) is 0. The largest absolute Gasteiger partial charge is 0.0845 e. The molecule has 0 saturated carbocycles. The molecule has 0 unspecified atom stereocenters. The molecule has 1 radical (unpaired) electrons. The molecule has 0 heteroatoms. The van der Waals surface area contributed by atoms with Crippen molar-refractivity contribution in [3.63, 3.8) is 0 Å². The van der Waals surface area contributed by atoms with Gasteiger partial charge in [0.15, 0.2) is 0 Å². The molecule has 0 aromatic heterocycles. The fraction of sp³-hybridized carbons (Fsp3) is 0.538. The lowest BCUT2D eigenvalue weighted by molar-refractivity contribution is 0.694. The summed E-state index contributed by atoms with van der Waals surface area (Å²) < 4.78 is 0. The summed E-state index contributed by atoms with van der Waals surface area (Å²) in [7, 11) is 0. The molecule has 0 aromatic carbocycles. The van der Waals surface area contributed by atoms with Gasteiger partial charge < -0.3 is 0 Å². The number of rotatable bonds is 0. The van der Waals surface area contributed by atoms with Crippen LogP contribution in [0.2, 0.25) is 0 Å². The maximum absolute atomic E-state index is 3.32. The lowest BCUT2D eigenvalue weighted by Gasteiger charge is -1.94. The SMILES string of the molecule is [C]1=CCCCCCC=CC=CCC1. The van der Waals surface area contributed by atoms with E-state index in [-0.39, 0.29) is 0 Å². The molecule has 0 spiro atoms. The molecule has 0 heterocycles. The van der Waals surface area contributed by atoms with Gasteiger partial charge in [-0.2, -0.15) is 0 Å². The summed E-state index contributed by atoms with van der Waals surface area (Å²) in [6.45, 7) is 0. The van der Waals surface area contributed by atoms with Gasteiger partial charge in [0.25, 0.3) is 0 Å². The van der Waals surface area contributed by atoms with Gasteiger partial charge in [0.1, 0.15) is 0 Å². The van der Waals surface area contributed by atoms with Gasteiger partial charge in [-0.25, -0.2) is 0 Å². The van der Waals surface area contributed by atoms with Crippen LogP contribution < -0.4 is 0 Å². The Hall–Kier alpha value is -0.780. The Kier molecular flexibility index (Phi) is 6.22. The van der Waals surface area contributed by atoms with E-state index < -0.39 is 0 Å². The van der Waals surface area contributed by atoms with E-state index in [4.69, 9.17) is 0 Å². The zero-order valence-electron chi connectivity index (χ0n) is 8.34. The Labute approximate surface area is 82.0 Å². The number of hydrogen-bond donors (Lipinski definition) is 0. The van der Waals surface area contributed by atoms with Gasteiger partial charge in [-0.1, -0.05) is 36.8 Å².